The number of rotatable bonds is 10. The average Bonchev–Trinajstić information content (AvgIpc) is 3.30. The quantitative estimate of drug-likeness (QED) is 0.229. The molecule has 0 aliphatic carbocycles. The number of halogens is 1. The number of carboxylic acid groups (broad SMARTS) is 1. The van der Waals surface area contributed by atoms with Crippen LogP contribution in [0.4, 0.5) is 5.69 Å². The number of aliphatic carboxylic acids is 1. The standard InChI is InChI=1S/C30H33ClN4O3.Ni/c1-3-35-16-8-14-30(35,2)29(38)34-26-13-12-23(31)18-25(26)28(22-10-5-4-6-11-22)33-24(19-27(36)37)17-21-9-7-15-32-20-21;/h4-7,9-13,15,18,20,24H,3,8,14,16-17,19H2,1-2H3,(H2,33,34,36,37,38);/p-1/t24-,30-;/m1./s1. The largest absolute Gasteiger partial charge is 0.625 e. The zero-order chi connectivity index (χ0) is 27.1. The Kier molecular flexibility index (Phi) is 10.8. The maximum Gasteiger partial charge on any atom is 0.305 e. The summed E-state index contributed by atoms with van der Waals surface area (Å²) < 4.78 is 0. The molecule has 2 atom stereocenters. The van der Waals surface area contributed by atoms with E-state index in [1.807, 2.05) is 49.4 Å². The van der Waals surface area contributed by atoms with Gasteiger partial charge in [0.1, 0.15) is 0 Å². The number of carboxylic acids is 1. The molecule has 0 spiro atoms. The van der Waals surface area contributed by atoms with Crippen LogP contribution in [0.15, 0.2) is 78.0 Å². The van der Waals surface area contributed by atoms with Crippen LogP contribution in [0.3, 0.4) is 0 Å². The summed E-state index contributed by atoms with van der Waals surface area (Å²) in [4.78, 5) is 36.6. The predicted octanol–water partition coefficient (Wildman–Crippen LogP) is 6.06. The number of nitrogens with zero attached hydrogens (tertiary/aromatic N) is 4. The van der Waals surface area contributed by atoms with E-state index in [9.17, 15) is 14.7 Å². The summed E-state index contributed by atoms with van der Waals surface area (Å²) in [6, 6.07) is 17.8. The second kappa shape index (κ2) is 13.8. The van der Waals surface area contributed by atoms with Gasteiger partial charge in [-0.25, -0.2) is 0 Å². The minimum absolute atomic E-state index is 0. The molecule has 2 heterocycles. The smallest absolute Gasteiger partial charge is 0.305 e. The molecule has 208 valence electrons. The summed E-state index contributed by atoms with van der Waals surface area (Å²) in [5.41, 5.74) is 2.59. The fraction of sp³-hybridized carbons (Fsp3) is 0.333. The second-order valence-electron chi connectivity index (χ2n) is 9.70. The summed E-state index contributed by atoms with van der Waals surface area (Å²) in [7, 11) is 0. The molecule has 1 fully saturated rings. The third kappa shape index (κ3) is 7.53. The number of carbonyl (C=O) groups excluding carboxylic acids is 1. The Morgan fingerprint density at radius 2 is 1.95 bits per heavy atom. The molecule has 1 saturated heterocycles. The number of amides is 1. The van der Waals surface area contributed by atoms with Crippen LogP contribution < -0.4 is 0 Å². The maximum absolute atomic E-state index is 13.5. The average molecular weight is 591 g/mol. The van der Waals surface area contributed by atoms with E-state index in [0.29, 0.717) is 28.4 Å². The molecule has 1 aromatic heterocycles. The van der Waals surface area contributed by atoms with Crippen LogP contribution in [0.5, 0.6) is 0 Å². The van der Waals surface area contributed by atoms with Gasteiger partial charge in [-0.3, -0.25) is 19.7 Å². The van der Waals surface area contributed by atoms with E-state index in [-0.39, 0.29) is 28.8 Å². The van der Waals surface area contributed by atoms with E-state index in [2.05, 4.69) is 22.1 Å². The van der Waals surface area contributed by atoms with Crippen LogP contribution in [0.25, 0.3) is 5.32 Å². The van der Waals surface area contributed by atoms with Gasteiger partial charge in [0.05, 0.1) is 29.6 Å². The Hall–Kier alpha value is -3.06. The summed E-state index contributed by atoms with van der Waals surface area (Å²) in [6.07, 6.45) is 5.31. The van der Waals surface area contributed by atoms with Crippen molar-refractivity contribution in [2.45, 2.75) is 51.1 Å². The van der Waals surface area contributed by atoms with Crippen LogP contribution in [-0.2, 0) is 32.5 Å². The topological polar surface area (TPSA) is 97.0 Å². The molecule has 0 unspecified atom stereocenters. The van der Waals surface area contributed by atoms with Crippen molar-refractivity contribution in [3.05, 3.63) is 100 Å². The van der Waals surface area contributed by atoms with Gasteiger partial charge in [-0.05, 0) is 68.6 Å². The summed E-state index contributed by atoms with van der Waals surface area (Å²) in [5, 5.41) is 14.7. The van der Waals surface area contributed by atoms with Gasteiger partial charge in [-0.1, -0.05) is 61.0 Å². The molecule has 39 heavy (non-hydrogen) atoms. The molecule has 0 radical (unpaired) electrons. The first-order valence-electron chi connectivity index (χ1n) is 12.8. The number of carbonyl (C=O) groups is 2. The van der Waals surface area contributed by atoms with Crippen molar-refractivity contribution in [3.8, 4) is 0 Å². The third-order valence-corrected chi connectivity index (χ3v) is 7.27. The molecule has 1 aliphatic heterocycles. The summed E-state index contributed by atoms with van der Waals surface area (Å²) in [6.45, 7) is 5.64. The first-order chi connectivity index (χ1) is 18.3. The van der Waals surface area contributed by atoms with E-state index in [0.717, 1.165) is 37.1 Å². The molecule has 0 saturated carbocycles. The first kappa shape index (κ1) is 30.5. The number of aromatic nitrogens is 1. The minimum atomic E-state index is -0.949. The van der Waals surface area contributed by atoms with Gasteiger partial charge in [-0.2, -0.15) is 0 Å². The van der Waals surface area contributed by atoms with Gasteiger partial charge in [0, 0.05) is 39.5 Å². The molecule has 1 amide bonds. The van der Waals surface area contributed by atoms with E-state index >= 15 is 0 Å². The van der Waals surface area contributed by atoms with E-state index < -0.39 is 17.6 Å². The monoisotopic (exact) mass is 589 g/mol. The molecule has 3 aromatic rings. The zero-order valence-electron chi connectivity index (χ0n) is 22.0. The molecular formula is C30H32ClN4NiO3-. The Balaban J connectivity index is 0.00000420. The van der Waals surface area contributed by atoms with Gasteiger partial charge >= 0.3 is 5.97 Å². The molecular weight excluding hydrogens is 559 g/mol. The van der Waals surface area contributed by atoms with E-state index in [1.165, 1.54) is 0 Å². The molecule has 2 aromatic carbocycles. The number of likely N-dealkylation sites (N-methyl/N-ethyl adjacent to an activating group) is 1. The Labute approximate surface area is 244 Å². The van der Waals surface area contributed by atoms with Crippen molar-refractivity contribution < 1.29 is 31.2 Å². The van der Waals surface area contributed by atoms with Crippen LogP contribution in [-0.4, -0.2) is 57.2 Å². The van der Waals surface area contributed by atoms with E-state index in [4.69, 9.17) is 16.6 Å². The molecule has 7 nitrogen and oxygen atoms in total. The number of aliphatic imine (C=N–C) groups is 1. The fourth-order valence-corrected chi connectivity index (χ4v) is 5.20. The van der Waals surface area contributed by atoms with Crippen molar-refractivity contribution in [1.29, 1.82) is 0 Å². The van der Waals surface area contributed by atoms with Crippen LogP contribution >= 0.6 is 11.6 Å². The number of likely N-dealkylation sites (tertiary alicyclic amines) is 1. The van der Waals surface area contributed by atoms with Crippen LogP contribution in [0, 0.1) is 0 Å². The number of benzene rings is 2. The number of hydrogen-bond acceptors (Lipinski definition) is 5. The molecule has 4 rings (SSSR count). The van der Waals surface area contributed by atoms with E-state index in [1.54, 1.807) is 30.6 Å². The molecule has 1 aliphatic rings. The van der Waals surface area contributed by atoms with Crippen molar-refractivity contribution in [2.75, 3.05) is 13.1 Å². The van der Waals surface area contributed by atoms with Crippen molar-refractivity contribution >= 4 is 34.9 Å². The first-order valence-corrected chi connectivity index (χ1v) is 13.2. The van der Waals surface area contributed by atoms with Crippen molar-refractivity contribution in [1.82, 2.24) is 9.88 Å². The van der Waals surface area contributed by atoms with Gasteiger partial charge in [-0.15, -0.1) is 5.69 Å². The Morgan fingerprint density at radius 1 is 1.18 bits per heavy atom. The number of pyridine rings is 1. The summed E-state index contributed by atoms with van der Waals surface area (Å²) in [5.74, 6) is -1.15. The van der Waals surface area contributed by atoms with Crippen molar-refractivity contribution in [2.24, 2.45) is 4.99 Å². The molecule has 9 heteroatoms. The minimum Gasteiger partial charge on any atom is -0.625 e. The van der Waals surface area contributed by atoms with Gasteiger partial charge in [0.25, 0.3) is 0 Å². The van der Waals surface area contributed by atoms with Crippen LogP contribution in [0.1, 0.15) is 49.8 Å². The fourth-order valence-electron chi connectivity index (χ4n) is 5.03. The normalized spacial score (nSPS) is 18.3. The van der Waals surface area contributed by atoms with Crippen molar-refractivity contribution in [3.63, 3.8) is 0 Å². The molecule has 0 bridgehead atoms. The van der Waals surface area contributed by atoms with Gasteiger partial charge < -0.3 is 15.2 Å². The van der Waals surface area contributed by atoms with Gasteiger partial charge in [0.15, 0.2) is 0 Å². The predicted molar refractivity (Wildman–Crippen MR) is 150 cm³/mol. The Bertz CT molecular complexity index is 1310. The number of hydrogen-bond donors (Lipinski definition) is 1. The molecule has 1 N–H and O–H groups in total. The Morgan fingerprint density at radius 3 is 2.62 bits per heavy atom. The maximum atomic E-state index is 13.5. The van der Waals surface area contributed by atoms with Crippen LogP contribution in [0.2, 0.25) is 5.02 Å². The second-order valence-corrected chi connectivity index (χ2v) is 10.1. The third-order valence-electron chi connectivity index (χ3n) is 7.03. The zero-order valence-corrected chi connectivity index (χ0v) is 23.7. The SMILES string of the molecule is CCN1CCC[C@]1(C)C(=O)[N-]c1ccc(Cl)cc1C(=N[C@@H](CC(=O)O)Cc1cccnc1)c1ccccc1.[Ni]. The summed E-state index contributed by atoms with van der Waals surface area (Å²) >= 11 is 6.44. The van der Waals surface area contributed by atoms with Gasteiger partial charge in [0.2, 0.25) is 0 Å².